The fourth-order valence-electron chi connectivity index (χ4n) is 1.77. The molecule has 1 N–H and O–H groups in total. The Labute approximate surface area is 115 Å². The van der Waals surface area contributed by atoms with E-state index in [4.69, 9.17) is 4.74 Å². The maximum absolute atomic E-state index is 11.7. The number of amides is 1. The maximum atomic E-state index is 11.7. The van der Waals surface area contributed by atoms with Gasteiger partial charge in [-0.15, -0.1) is 0 Å². The van der Waals surface area contributed by atoms with E-state index in [1.165, 1.54) is 0 Å². The molecule has 108 valence electrons. The molecule has 0 unspecified atom stereocenters. The highest BCUT2D eigenvalue weighted by molar-refractivity contribution is 5.68. The predicted molar refractivity (Wildman–Crippen MR) is 74.9 cm³/mol. The van der Waals surface area contributed by atoms with Gasteiger partial charge >= 0.3 is 6.09 Å². The molecule has 0 aliphatic carbocycles. The number of imidazole rings is 1. The second-order valence-corrected chi connectivity index (χ2v) is 5.73. The highest BCUT2D eigenvalue weighted by atomic mass is 16.6. The van der Waals surface area contributed by atoms with Crippen LogP contribution in [-0.2, 0) is 11.3 Å². The van der Waals surface area contributed by atoms with Gasteiger partial charge in [0, 0.05) is 6.54 Å². The van der Waals surface area contributed by atoms with Crippen molar-refractivity contribution in [2.45, 2.75) is 65.6 Å². The highest BCUT2D eigenvalue weighted by Gasteiger charge is 2.19. The van der Waals surface area contributed by atoms with E-state index in [9.17, 15) is 4.79 Å². The monoisotopic (exact) mass is 267 g/mol. The minimum Gasteiger partial charge on any atom is -0.444 e. The average Bonchev–Trinajstić information content (AvgIpc) is 2.71. The smallest absolute Gasteiger partial charge is 0.408 e. The Hall–Kier alpha value is -1.52. The number of hydrogen-bond acceptors (Lipinski definition) is 3. The van der Waals surface area contributed by atoms with Crippen molar-refractivity contribution in [2.24, 2.45) is 0 Å². The molecule has 0 aliphatic heterocycles. The number of unbranched alkanes of at least 4 members (excludes halogenated alkanes) is 1. The Morgan fingerprint density at radius 2 is 2.21 bits per heavy atom. The third-order valence-electron chi connectivity index (χ3n) is 2.67. The number of nitrogens with zero attached hydrogens (tertiary/aromatic N) is 2. The van der Waals surface area contributed by atoms with Crippen LogP contribution in [0.3, 0.4) is 0 Å². The molecule has 1 aromatic rings. The third-order valence-corrected chi connectivity index (χ3v) is 2.67. The number of aromatic nitrogens is 2. The molecule has 0 fully saturated rings. The Morgan fingerprint density at radius 1 is 1.53 bits per heavy atom. The summed E-state index contributed by atoms with van der Waals surface area (Å²) >= 11 is 0. The van der Waals surface area contributed by atoms with E-state index in [0.29, 0.717) is 0 Å². The van der Waals surface area contributed by atoms with Crippen LogP contribution in [0.5, 0.6) is 0 Å². The fourth-order valence-corrected chi connectivity index (χ4v) is 1.77. The third kappa shape index (κ3) is 5.32. The Morgan fingerprint density at radius 3 is 2.79 bits per heavy atom. The Balaban J connectivity index is 2.60. The summed E-state index contributed by atoms with van der Waals surface area (Å²) in [4.78, 5) is 15.9. The molecule has 5 nitrogen and oxygen atoms in total. The molecule has 0 aromatic carbocycles. The molecular formula is C14H25N3O2. The molecule has 1 aromatic heterocycles. The number of nitrogens with one attached hydrogen (secondary N) is 1. The van der Waals surface area contributed by atoms with E-state index in [2.05, 4.69) is 21.8 Å². The van der Waals surface area contributed by atoms with Crippen LogP contribution in [-0.4, -0.2) is 21.2 Å². The molecule has 0 radical (unpaired) electrons. The van der Waals surface area contributed by atoms with Gasteiger partial charge in [0.05, 0.1) is 24.3 Å². The van der Waals surface area contributed by atoms with Crippen LogP contribution in [0.4, 0.5) is 4.79 Å². The summed E-state index contributed by atoms with van der Waals surface area (Å²) in [5.41, 5.74) is 0.519. The van der Waals surface area contributed by atoms with Crippen LogP contribution in [0.15, 0.2) is 12.5 Å². The van der Waals surface area contributed by atoms with Crippen molar-refractivity contribution < 1.29 is 9.53 Å². The number of alkyl carbamates (subject to hydrolysis) is 1. The zero-order chi connectivity index (χ0) is 14.5. The lowest BCUT2D eigenvalue weighted by molar-refractivity contribution is 0.0506. The number of rotatable bonds is 5. The van der Waals surface area contributed by atoms with E-state index < -0.39 is 11.7 Å². The molecule has 19 heavy (non-hydrogen) atoms. The van der Waals surface area contributed by atoms with Gasteiger partial charge in [0.1, 0.15) is 5.60 Å². The minimum atomic E-state index is -0.480. The van der Waals surface area contributed by atoms with Gasteiger partial charge in [-0.1, -0.05) is 13.3 Å². The minimum absolute atomic E-state index is 0.116. The van der Waals surface area contributed by atoms with Crippen LogP contribution in [0, 0.1) is 0 Å². The molecule has 1 atom stereocenters. The lowest BCUT2D eigenvalue weighted by Gasteiger charge is -2.22. The Kier molecular flexibility index (Phi) is 5.39. The van der Waals surface area contributed by atoms with Gasteiger partial charge in [0.2, 0.25) is 0 Å². The van der Waals surface area contributed by atoms with Gasteiger partial charge in [-0.25, -0.2) is 9.78 Å². The Bertz CT molecular complexity index is 407. The molecular weight excluding hydrogens is 242 g/mol. The van der Waals surface area contributed by atoms with E-state index in [0.717, 1.165) is 25.1 Å². The first-order valence-corrected chi connectivity index (χ1v) is 6.83. The standard InChI is InChI=1S/C14H25N3O2/c1-6-7-8-17-10-15-9-12(17)11(2)16-13(18)19-14(3,4)5/h9-11H,6-8H2,1-5H3,(H,16,18)/t11-/m0/s1. The maximum Gasteiger partial charge on any atom is 0.408 e. The van der Waals surface area contributed by atoms with Gasteiger partial charge in [0.15, 0.2) is 0 Å². The van der Waals surface area contributed by atoms with Crippen LogP contribution in [0.1, 0.15) is 59.2 Å². The van der Waals surface area contributed by atoms with E-state index in [1.54, 1.807) is 12.5 Å². The van der Waals surface area contributed by atoms with Gasteiger partial charge in [-0.2, -0.15) is 0 Å². The highest BCUT2D eigenvalue weighted by Crippen LogP contribution is 2.14. The molecule has 1 rings (SSSR count). The second kappa shape index (κ2) is 6.59. The van der Waals surface area contributed by atoms with Crippen LogP contribution in [0.2, 0.25) is 0 Å². The summed E-state index contributed by atoms with van der Waals surface area (Å²) in [5.74, 6) is 0. The number of carbonyl (C=O) groups is 1. The summed E-state index contributed by atoms with van der Waals surface area (Å²) in [6.07, 6.45) is 5.42. The van der Waals surface area contributed by atoms with Gasteiger partial charge in [-0.05, 0) is 34.1 Å². The van der Waals surface area contributed by atoms with Crippen molar-refractivity contribution in [1.82, 2.24) is 14.9 Å². The average molecular weight is 267 g/mol. The van der Waals surface area contributed by atoms with Crippen molar-refractivity contribution in [3.8, 4) is 0 Å². The molecule has 0 aliphatic rings. The summed E-state index contributed by atoms with van der Waals surface area (Å²) in [6.45, 7) is 10.6. The largest absolute Gasteiger partial charge is 0.444 e. The first-order valence-electron chi connectivity index (χ1n) is 6.83. The van der Waals surface area contributed by atoms with Crippen molar-refractivity contribution in [1.29, 1.82) is 0 Å². The van der Waals surface area contributed by atoms with Gasteiger partial charge in [0.25, 0.3) is 0 Å². The molecule has 0 saturated heterocycles. The van der Waals surface area contributed by atoms with Crippen molar-refractivity contribution in [3.63, 3.8) is 0 Å². The van der Waals surface area contributed by atoms with Gasteiger partial charge < -0.3 is 14.6 Å². The molecule has 0 saturated carbocycles. The number of aryl methyl sites for hydroxylation is 1. The fraction of sp³-hybridized carbons (Fsp3) is 0.714. The molecule has 1 heterocycles. The molecule has 0 bridgehead atoms. The van der Waals surface area contributed by atoms with E-state index in [-0.39, 0.29) is 6.04 Å². The lowest BCUT2D eigenvalue weighted by Crippen LogP contribution is -2.34. The first-order chi connectivity index (χ1) is 8.83. The van der Waals surface area contributed by atoms with Crippen LogP contribution >= 0.6 is 0 Å². The van der Waals surface area contributed by atoms with Crippen LogP contribution < -0.4 is 5.32 Å². The number of carbonyl (C=O) groups excluding carboxylic acids is 1. The normalized spacial score (nSPS) is 13.1. The summed E-state index contributed by atoms with van der Waals surface area (Å²) in [5, 5.41) is 2.83. The number of hydrogen-bond donors (Lipinski definition) is 1. The zero-order valence-electron chi connectivity index (χ0n) is 12.6. The van der Waals surface area contributed by atoms with E-state index >= 15 is 0 Å². The quantitative estimate of drug-likeness (QED) is 0.890. The topological polar surface area (TPSA) is 56.2 Å². The lowest BCUT2D eigenvalue weighted by atomic mass is 10.2. The zero-order valence-corrected chi connectivity index (χ0v) is 12.6. The molecule has 0 spiro atoms. The van der Waals surface area contributed by atoms with Gasteiger partial charge in [-0.3, -0.25) is 0 Å². The first kappa shape index (κ1) is 15.5. The van der Waals surface area contributed by atoms with Crippen molar-refractivity contribution in [3.05, 3.63) is 18.2 Å². The SMILES string of the molecule is CCCCn1cncc1[C@H](C)NC(=O)OC(C)(C)C. The van der Waals surface area contributed by atoms with E-state index in [1.807, 2.05) is 27.7 Å². The predicted octanol–water partition coefficient (Wildman–Crippen LogP) is 3.27. The summed E-state index contributed by atoms with van der Waals surface area (Å²) in [6, 6.07) is -0.116. The van der Waals surface area contributed by atoms with Crippen molar-refractivity contribution in [2.75, 3.05) is 0 Å². The second-order valence-electron chi connectivity index (χ2n) is 5.73. The van der Waals surface area contributed by atoms with Crippen LogP contribution in [0.25, 0.3) is 0 Å². The molecule has 1 amide bonds. The molecule has 5 heteroatoms. The number of ether oxygens (including phenoxy) is 1. The summed E-state index contributed by atoms with van der Waals surface area (Å²) < 4.78 is 7.32. The van der Waals surface area contributed by atoms with Crippen molar-refractivity contribution >= 4 is 6.09 Å². The summed E-state index contributed by atoms with van der Waals surface area (Å²) in [7, 11) is 0.